The molecule has 0 radical (unpaired) electrons. The summed E-state index contributed by atoms with van der Waals surface area (Å²) < 4.78 is 7.81. The summed E-state index contributed by atoms with van der Waals surface area (Å²) in [5.41, 5.74) is 0. The van der Waals surface area contributed by atoms with E-state index >= 15 is 0 Å². The van der Waals surface area contributed by atoms with Crippen molar-refractivity contribution in [1.82, 2.24) is 30.3 Å². The molecule has 0 saturated carbocycles. The van der Waals surface area contributed by atoms with E-state index in [1.165, 1.54) is 0 Å². The lowest BCUT2D eigenvalue weighted by molar-refractivity contribution is -0.0324. The van der Waals surface area contributed by atoms with Crippen LogP contribution in [0.15, 0.2) is 17.6 Å². The zero-order valence-corrected chi connectivity index (χ0v) is 17.9. The number of hydrogen-bond acceptors (Lipinski definition) is 5. The Morgan fingerprint density at radius 1 is 1.48 bits per heavy atom. The number of likely N-dealkylation sites (N-methyl/N-ethyl adjacent to an activating group) is 1. The Morgan fingerprint density at radius 2 is 2.24 bits per heavy atom. The van der Waals surface area contributed by atoms with E-state index in [1.54, 1.807) is 6.08 Å². The van der Waals surface area contributed by atoms with Gasteiger partial charge in [-0.25, -0.2) is 4.99 Å². The van der Waals surface area contributed by atoms with Crippen LogP contribution in [0.3, 0.4) is 0 Å². The van der Waals surface area contributed by atoms with Gasteiger partial charge in [0.25, 0.3) is 0 Å². The van der Waals surface area contributed by atoms with Crippen molar-refractivity contribution in [2.24, 2.45) is 12.0 Å². The van der Waals surface area contributed by atoms with Crippen LogP contribution in [0.4, 0.5) is 0 Å². The SMILES string of the molecule is C=CCNC(=NCc1nnc(C)n1C)NC(C)C1CN(C)CCO1.I. The Kier molecular flexibility index (Phi) is 9.36. The first kappa shape index (κ1) is 21.8. The highest BCUT2D eigenvalue weighted by Gasteiger charge is 2.24. The Bertz CT molecular complexity index is 575. The highest BCUT2D eigenvalue weighted by Crippen LogP contribution is 2.07. The second-order valence-corrected chi connectivity index (χ2v) is 6.16. The Balaban J connectivity index is 0.00000312. The lowest BCUT2D eigenvalue weighted by Crippen LogP contribution is -2.53. The molecule has 2 N–H and O–H groups in total. The van der Waals surface area contributed by atoms with Crippen molar-refractivity contribution in [3.8, 4) is 0 Å². The van der Waals surface area contributed by atoms with Crippen LogP contribution in [0.1, 0.15) is 18.6 Å². The number of nitrogens with zero attached hydrogens (tertiary/aromatic N) is 5. The maximum Gasteiger partial charge on any atom is 0.192 e. The van der Waals surface area contributed by atoms with Gasteiger partial charge < -0.3 is 24.8 Å². The molecule has 8 nitrogen and oxygen atoms in total. The highest BCUT2D eigenvalue weighted by atomic mass is 127. The smallest absolute Gasteiger partial charge is 0.192 e. The second kappa shape index (κ2) is 10.7. The largest absolute Gasteiger partial charge is 0.373 e. The molecule has 2 heterocycles. The third kappa shape index (κ3) is 6.55. The first-order valence-electron chi connectivity index (χ1n) is 8.32. The van der Waals surface area contributed by atoms with Gasteiger partial charge in [0.15, 0.2) is 11.8 Å². The van der Waals surface area contributed by atoms with E-state index < -0.39 is 0 Å². The van der Waals surface area contributed by atoms with Gasteiger partial charge in [0.1, 0.15) is 12.4 Å². The van der Waals surface area contributed by atoms with Crippen molar-refractivity contribution >= 4 is 29.9 Å². The topological polar surface area (TPSA) is 79.6 Å². The number of ether oxygens (including phenoxy) is 1. The molecule has 0 amide bonds. The van der Waals surface area contributed by atoms with E-state index in [9.17, 15) is 0 Å². The molecule has 0 aliphatic carbocycles. The molecular formula is C16H30IN7O. The average molecular weight is 463 g/mol. The maximum atomic E-state index is 5.87. The summed E-state index contributed by atoms with van der Waals surface area (Å²) in [6.45, 7) is 11.5. The molecule has 25 heavy (non-hydrogen) atoms. The van der Waals surface area contributed by atoms with Crippen molar-refractivity contribution in [1.29, 1.82) is 0 Å². The van der Waals surface area contributed by atoms with Crippen molar-refractivity contribution in [2.45, 2.75) is 32.5 Å². The van der Waals surface area contributed by atoms with Crippen LogP contribution in [0, 0.1) is 6.92 Å². The van der Waals surface area contributed by atoms with E-state index in [2.05, 4.69) is 51.3 Å². The predicted octanol–water partition coefficient (Wildman–Crippen LogP) is 0.682. The lowest BCUT2D eigenvalue weighted by Gasteiger charge is -2.34. The van der Waals surface area contributed by atoms with Crippen molar-refractivity contribution in [3.05, 3.63) is 24.3 Å². The number of aliphatic imine (C=N–C) groups is 1. The van der Waals surface area contributed by atoms with Crippen LogP contribution in [0.5, 0.6) is 0 Å². The number of halogens is 1. The molecule has 1 aliphatic rings. The number of nitrogens with one attached hydrogen (secondary N) is 2. The standard InChI is InChI=1S/C16H29N7O.HI/c1-6-7-17-16(18-10-15-21-20-13(3)23(15)5)19-12(2)14-11-22(4)8-9-24-14;/h6,12,14H,1,7-11H2,2-5H3,(H2,17,18,19);1H. The van der Waals surface area contributed by atoms with E-state index in [0.29, 0.717) is 13.1 Å². The summed E-state index contributed by atoms with van der Waals surface area (Å²) in [5, 5.41) is 14.9. The predicted molar refractivity (Wildman–Crippen MR) is 110 cm³/mol. The average Bonchev–Trinajstić information content (AvgIpc) is 2.89. The summed E-state index contributed by atoms with van der Waals surface area (Å²) in [6, 6.07) is 0.144. The molecule has 0 bridgehead atoms. The van der Waals surface area contributed by atoms with Crippen molar-refractivity contribution in [2.75, 3.05) is 33.3 Å². The van der Waals surface area contributed by atoms with Gasteiger partial charge >= 0.3 is 0 Å². The fourth-order valence-electron chi connectivity index (χ4n) is 2.48. The van der Waals surface area contributed by atoms with Gasteiger partial charge in [-0.2, -0.15) is 0 Å². The molecule has 0 spiro atoms. The fraction of sp³-hybridized carbons (Fsp3) is 0.688. The van der Waals surface area contributed by atoms with E-state index in [1.807, 2.05) is 18.5 Å². The number of rotatable bonds is 6. The summed E-state index contributed by atoms with van der Waals surface area (Å²) in [7, 11) is 4.06. The molecule has 1 saturated heterocycles. The van der Waals surface area contributed by atoms with Gasteiger partial charge in [0.05, 0.1) is 18.8 Å². The number of hydrogen-bond donors (Lipinski definition) is 2. The second-order valence-electron chi connectivity index (χ2n) is 6.16. The highest BCUT2D eigenvalue weighted by molar-refractivity contribution is 14.0. The van der Waals surface area contributed by atoms with Crippen LogP contribution in [0.2, 0.25) is 0 Å². The summed E-state index contributed by atoms with van der Waals surface area (Å²) in [5.74, 6) is 2.43. The molecule has 2 atom stereocenters. The molecule has 142 valence electrons. The lowest BCUT2D eigenvalue weighted by atomic mass is 10.1. The van der Waals surface area contributed by atoms with Gasteiger partial charge in [-0.1, -0.05) is 6.08 Å². The van der Waals surface area contributed by atoms with Crippen molar-refractivity contribution < 1.29 is 4.74 Å². The molecular weight excluding hydrogens is 433 g/mol. The minimum Gasteiger partial charge on any atom is -0.373 e. The van der Waals surface area contributed by atoms with Crippen LogP contribution in [-0.4, -0.2) is 71.1 Å². The summed E-state index contributed by atoms with van der Waals surface area (Å²) in [6.07, 6.45) is 1.94. The zero-order valence-electron chi connectivity index (χ0n) is 15.5. The minimum absolute atomic E-state index is 0. The van der Waals surface area contributed by atoms with Crippen LogP contribution < -0.4 is 10.6 Å². The zero-order chi connectivity index (χ0) is 17.5. The first-order valence-corrected chi connectivity index (χ1v) is 8.32. The molecule has 0 aromatic carbocycles. The number of guanidine groups is 1. The molecule has 1 aliphatic heterocycles. The maximum absolute atomic E-state index is 5.87. The minimum atomic E-state index is 0. The molecule has 1 fully saturated rings. The van der Waals surface area contributed by atoms with Crippen LogP contribution >= 0.6 is 24.0 Å². The number of aryl methyl sites for hydroxylation is 1. The van der Waals surface area contributed by atoms with Crippen LogP contribution in [0.25, 0.3) is 0 Å². The van der Waals surface area contributed by atoms with Gasteiger partial charge in [-0.05, 0) is 20.9 Å². The Labute approximate surface area is 167 Å². The Morgan fingerprint density at radius 3 is 2.84 bits per heavy atom. The van der Waals surface area contributed by atoms with Gasteiger partial charge in [-0.15, -0.1) is 40.8 Å². The third-order valence-electron chi connectivity index (χ3n) is 4.19. The Hall–Kier alpha value is -1.20. The van der Waals surface area contributed by atoms with E-state index in [-0.39, 0.29) is 36.1 Å². The molecule has 1 aromatic heterocycles. The normalized spacial score (nSPS) is 19.8. The number of morpholine rings is 1. The summed E-state index contributed by atoms with van der Waals surface area (Å²) in [4.78, 5) is 6.89. The van der Waals surface area contributed by atoms with Gasteiger partial charge in [0.2, 0.25) is 0 Å². The molecule has 1 aromatic rings. The third-order valence-corrected chi connectivity index (χ3v) is 4.19. The quantitative estimate of drug-likeness (QED) is 0.280. The van der Waals surface area contributed by atoms with Gasteiger partial charge in [0, 0.05) is 26.7 Å². The van der Waals surface area contributed by atoms with Crippen molar-refractivity contribution in [3.63, 3.8) is 0 Å². The molecule has 2 unspecified atom stereocenters. The molecule has 2 rings (SSSR count). The first-order chi connectivity index (χ1) is 11.5. The van der Waals surface area contributed by atoms with Crippen LogP contribution in [-0.2, 0) is 18.3 Å². The fourth-order valence-corrected chi connectivity index (χ4v) is 2.48. The van der Waals surface area contributed by atoms with E-state index in [4.69, 9.17) is 4.74 Å². The molecule has 9 heteroatoms. The monoisotopic (exact) mass is 463 g/mol. The van der Waals surface area contributed by atoms with E-state index in [0.717, 1.165) is 37.3 Å². The number of aromatic nitrogens is 3. The van der Waals surface area contributed by atoms with Gasteiger partial charge in [-0.3, -0.25) is 0 Å². The summed E-state index contributed by atoms with van der Waals surface area (Å²) >= 11 is 0.